The van der Waals surface area contributed by atoms with Gasteiger partial charge < -0.3 is 9.80 Å². The Balaban J connectivity index is 3.28. The molecule has 0 radical (unpaired) electrons. The summed E-state index contributed by atoms with van der Waals surface area (Å²) < 4.78 is 1.13. The van der Waals surface area contributed by atoms with E-state index in [0.29, 0.717) is 5.57 Å². The van der Waals surface area contributed by atoms with Crippen molar-refractivity contribution in [1.82, 2.24) is 5.32 Å². The van der Waals surface area contributed by atoms with Crippen molar-refractivity contribution < 1.29 is 9.28 Å². The highest BCUT2D eigenvalue weighted by atomic mass is 16.1. The molecular formula is C16H33N2O+. The highest BCUT2D eigenvalue weighted by molar-refractivity contribution is 5.91. The van der Waals surface area contributed by atoms with Gasteiger partial charge in [0.05, 0.1) is 27.2 Å². The Hall–Kier alpha value is -0.830. The summed E-state index contributed by atoms with van der Waals surface area (Å²) in [6, 6.07) is 0. The number of amides is 1. The zero-order valence-corrected chi connectivity index (χ0v) is 13.4. The summed E-state index contributed by atoms with van der Waals surface area (Å²) in [4.78, 5) is 11.2. The molecule has 0 fully saturated rings. The Morgan fingerprint density at radius 3 is 2.11 bits per heavy atom. The number of quaternary nitrogens is 1. The van der Waals surface area contributed by atoms with Crippen LogP contribution in [0.15, 0.2) is 12.2 Å². The second kappa shape index (κ2) is 10.0. The number of unbranched alkanes of at least 4 members (excludes halogenated alkanes) is 5. The Labute approximate surface area is 119 Å². The van der Waals surface area contributed by atoms with Crippen molar-refractivity contribution in [2.75, 3.05) is 33.7 Å². The monoisotopic (exact) mass is 269 g/mol. The first-order valence-electron chi connectivity index (χ1n) is 7.65. The average Bonchev–Trinajstić information content (AvgIpc) is 2.36. The van der Waals surface area contributed by atoms with Gasteiger partial charge in [-0.15, -0.1) is 0 Å². The molecule has 19 heavy (non-hydrogen) atoms. The molecule has 3 heteroatoms. The minimum atomic E-state index is -0.0143. The molecule has 0 aromatic heterocycles. The summed E-state index contributed by atoms with van der Waals surface area (Å²) in [6.07, 6.45) is 7.55. The predicted octanol–water partition coefficient (Wildman–Crippen LogP) is 3.12. The number of nitrogens with one attached hydrogen (secondary N) is 1. The third-order valence-electron chi connectivity index (χ3n) is 3.72. The molecule has 0 aliphatic carbocycles. The summed E-state index contributed by atoms with van der Waals surface area (Å²) in [5.74, 6) is -0.0143. The van der Waals surface area contributed by atoms with Gasteiger partial charge in [0.1, 0.15) is 0 Å². The third-order valence-corrected chi connectivity index (χ3v) is 3.72. The van der Waals surface area contributed by atoms with E-state index in [-0.39, 0.29) is 5.91 Å². The zero-order valence-electron chi connectivity index (χ0n) is 13.4. The number of nitrogens with zero attached hydrogens (tertiary/aromatic N) is 1. The van der Waals surface area contributed by atoms with E-state index in [2.05, 4.69) is 32.9 Å². The lowest BCUT2D eigenvalue weighted by Crippen LogP contribution is -2.39. The predicted molar refractivity (Wildman–Crippen MR) is 83.0 cm³/mol. The van der Waals surface area contributed by atoms with Crippen molar-refractivity contribution in [3.63, 3.8) is 0 Å². The minimum Gasteiger partial charge on any atom is -0.352 e. The first-order valence-corrected chi connectivity index (χ1v) is 7.65. The van der Waals surface area contributed by atoms with Gasteiger partial charge in [-0.25, -0.2) is 0 Å². The minimum absolute atomic E-state index is 0.0143. The van der Waals surface area contributed by atoms with Crippen LogP contribution in [0.5, 0.6) is 0 Å². The molecule has 0 aliphatic heterocycles. The van der Waals surface area contributed by atoms with Crippen molar-refractivity contribution in [2.45, 2.75) is 52.4 Å². The SMILES string of the molecule is C=C(C)C(=O)NCCCCCCCC[N+](C)(C)CC. The Morgan fingerprint density at radius 1 is 1.05 bits per heavy atom. The molecule has 0 aliphatic rings. The van der Waals surface area contributed by atoms with Gasteiger partial charge in [-0.3, -0.25) is 4.79 Å². The topological polar surface area (TPSA) is 29.1 Å². The smallest absolute Gasteiger partial charge is 0.246 e. The molecule has 0 bridgehead atoms. The second-order valence-electron chi connectivity index (χ2n) is 6.13. The molecule has 0 unspecified atom stereocenters. The van der Waals surface area contributed by atoms with Crippen LogP contribution in [0.1, 0.15) is 52.4 Å². The van der Waals surface area contributed by atoms with E-state index in [4.69, 9.17) is 0 Å². The first-order chi connectivity index (χ1) is 8.89. The fraction of sp³-hybridized carbons (Fsp3) is 0.812. The molecule has 0 saturated carbocycles. The van der Waals surface area contributed by atoms with Gasteiger partial charge in [-0.05, 0) is 33.1 Å². The number of hydrogen-bond acceptors (Lipinski definition) is 1. The lowest BCUT2D eigenvalue weighted by atomic mass is 10.1. The highest BCUT2D eigenvalue weighted by Gasteiger charge is 2.09. The lowest BCUT2D eigenvalue weighted by Gasteiger charge is -2.28. The zero-order chi connectivity index (χ0) is 14.7. The normalized spacial score (nSPS) is 11.4. The van der Waals surface area contributed by atoms with Crippen molar-refractivity contribution in [2.24, 2.45) is 0 Å². The lowest BCUT2D eigenvalue weighted by molar-refractivity contribution is -0.888. The number of rotatable bonds is 11. The molecular weight excluding hydrogens is 236 g/mol. The van der Waals surface area contributed by atoms with Crippen LogP contribution >= 0.6 is 0 Å². The summed E-state index contributed by atoms with van der Waals surface area (Å²) >= 11 is 0. The van der Waals surface area contributed by atoms with E-state index in [0.717, 1.165) is 17.4 Å². The van der Waals surface area contributed by atoms with Crippen LogP contribution in [-0.2, 0) is 4.79 Å². The number of carbonyl (C=O) groups excluding carboxylic acids is 1. The summed E-state index contributed by atoms with van der Waals surface area (Å²) in [5, 5.41) is 2.87. The molecule has 112 valence electrons. The van der Waals surface area contributed by atoms with Gasteiger partial charge in [-0.1, -0.05) is 25.8 Å². The molecule has 0 aromatic carbocycles. The van der Waals surface area contributed by atoms with Crippen LogP contribution in [-0.4, -0.2) is 44.1 Å². The summed E-state index contributed by atoms with van der Waals surface area (Å²) in [6.45, 7) is 10.9. The summed E-state index contributed by atoms with van der Waals surface area (Å²) in [7, 11) is 4.59. The maximum absolute atomic E-state index is 11.2. The van der Waals surface area contributed by atoms with Crippen LogP contribution in [0.4, 0.5) is 0 Å². The van der Waals surface area contributed by atoms with Crippen molar-refractivity contribution in [3.05, 3.63) is 12.2 Å². The quantitative estimate of drug-likeness (QED) is 0.348. The fourth-order valence-corrected chi connectivity index (χ4v) is 1.88. The fourth-order valence-electron chi connectivity index (χ4n) is 1.88. The highest BCUT2D eigenvalue weighted by Crippen LogP contribution is 2.07. The second-order valence-corrected chi connectivity index (χ2v) is 6.13. The van der Waals surface area contributed by atoms with E-state index in [1.165, 1.54) is 45.2 Å². The van der Waals surface area contributed by atoms with Crippen LogP contribution in [0, 0.1) is 0 Å². The molecule has 1 amide bonds. The summed E-state index contributed by atoms with van der Waals surface area (Å²) in [5.41, 5.74) is 0.594. The first kappa shape index (κ1) is 18.2. The standard InChI is InChI=1S/C16H32N2O/c1-6-18(4,5)14-12-10-8-7-9-11-13-17-16(19)15(2)3/h2,6-14H2,1,3-5H3/p+1. The molecule has 0 spiro atoms. The van der Waals surface area contributed by atoms with Crippen LogP contribution in [0.2, 0.25) is 0 Å². The van der Waals surface area contributed by atoms with Crippen LogP contribution < -0.4 is 5.32 Å². The van der Waals surface area contributed by atoms with E-state index >= 15 is 0 Å². The molecule has 3 nitrogen and oxygen atoms in total. The van der Waals surface area contributed by atoms with Gasteiger partial charge in [0, 0.05) is 12.1 Å². The average molecular weight is 269 g/mol. The van der Waals surface area contributed by atoms with E-state index in [1.54, 1.807) is 6.92 Å². The van der Waals surface area contributed by atoms with Crippen LogP contribution in [0.25, 0.3) is 0 Å². The van der Waals surface area contributed by atoms with E-state index in [9.17, 15) is 4.79 Å². The Kier molecular flexibility index (Phi) is 9.58. The Morgan fingerprint density at radius 2 is 1.58 bits per heavy atom. The van der Waals surface area contributed by atoms with Crippen molar-refractivity contribution in [1.29, 1.82) is 0 Å². The van der Waals surface area contributed by atoms with Gasteiger partial charge in [0.15, 0.2) is 0 Å². The van der Waals surface area contributed by atoms with Crippen LogP contribution in [0.3, 0.4) is 0 Å². The largest absolute Gasteiger partial charge is 0.352 e. The number of carbonyl (C=O) groups is 1. The van der Waals surface area contributed by atoms with Gasteiger partial charge in [0.25, 0.3) is 0 Å². The van der Waals surface area contributed by atoms with Gasteiger partial charge >= 0.3 is 0 Å². The maximum Gasteiger partial charge on any atom is 0.246 e. The molecule has 1 N–H and O–H groups in total. The molecule has 0 heterocycles. The molecule has 0 rings (SSSR count). The van der Waals surface area contributed by atoms with Crippen molar-refractivity contribution >= 4 is 5.91 Å². The van der Waals surface area contributed by atoms with Gasteiger partial charge in [-0.2, -0.15) is 0 Å². The van der Waals surface area contributed by atoms with Crippen molar-refractivity contribution in [3.8, 4) is 0 Å². The number of hydrogen-bond donors (Lipinski definition) is 1. The maximum atomic E-state index is 11.2. The molecule has 0 atom stereocenters. The van der Waals surface area contributed by atoms with E-state index < -0.39 is 0 Å². The third kappa shape index (κ3) is 10.8. The Bertz CT molecular complexity index is 272. The molecule has 0 aromatic rings. The van der Waals surface area contributed by atoms with E-state index in [1.807, 2.05) is 0 Å². The van der Waals surface area contributed by atoms with Gasteiger partial charge in [0.2, 0.25) is 5.91 Å². The molecule has 0 saturated heterocycles.